The van der Waals surface area contributed by atoms with Crippen molar-refractivity contribution in [3.63, 3.8) is 0 Å². The van der Waals surface area contributed by atoms with Crippen molar-refractivity contribution in [2.45, 2.75) is 31.6 Å². The Labute approximate surface area is 219 Å². The summed E-state index contributed by atoms with van der Waals surface area (Å²) in [7, 11) is 0.605. The summed E-state index contributed by atoms with van der Waals surface area (Å²) in [5, 5.41) is 2.85. The summed E-state index contributed by atoms with van der Waals surface area (Å²) in [5.74, 6) is 1.25. The second-order valence-electron chi connectivity index (χ2n) is 8.64. The summed E-state index contributed by atoms with van der Waals surface area (Å²) >= 11 is 0. The van der Waals surface area contributed by atoms with E-state index in [9.17, 15) is 13.2 Å². The summed E-state index contributed by atoms with van der Waals surface area (Å²) in [4.78, 5) is 13.0. The monoisotopic (exact) mass is 526 g/mol. The van der Waals surface area contributed by atoms with E-state index in [0.717, 1.165) is 21.0 Å². The molecule has 0 aliphatic carbocycles. The maximum absolute atomic E-state index is 13.7. The lowest BCUT2D eigenvalue weighted by molar-refractivity contribution is -0.119. The summed E-state index contributed by atoms with van der Waals surface area (Å²) in [6.45, 7) is 3.74. The number of amides is 1. The molecule has 0 aliphatic heterocycles. The van der Waals surface area contributed by atoms with Crippen LogP contribution in [0.2, 0.25) is 0 Å². The smallest absolute Gasteiger partial charge is 0.264 e. The number of rotatable bonds is 12. The minimum atomic E-state index is -4.04. The largest absolute Gasteiger partial charge is 0.495 e. The van der Waals surface area contributed by atoms with Gasteiger partial charge in [-0.15, -0.1) is 0 Å². The molecule has 0 unspecified atom stereocenters. The average molecular weight is 527 g/mol. The van der Waals surface area contributed by atoms with Gasteiger partial charge in [-0.2, -0.15) is 0 Å². The third-order valence-electron chi connectivity index (χ3n) is 5.91. The number of ether oxygens (including phenoxy) is 3. The molecule has 0 fully saturated rings. The molecule has 1 amide bonds. The molecule has 198 valence electrons. The van der Waals surface area contributed by atoms with Gasteiger partial charge in [0.1, 0.15) is 12.3 Å². The van der Waals surface area contributed by atoms with Crippen LogP contribution < -0.4 is 23.8 Å². The molecule has 3 rings (SSSR count). The fourth-order valence-electron chi connectivity index (χ4n) is 3.87. The normalized spacial score (nSPS) is 11.1. The van der Waals surface area contributed by atoms with Gasteiger partial charge in [0.05, 0.1) is 31.9 Å². The summed E-state index contributed by atoms with van der Waals surface area (Å²) in [6.07, 6.45) is 1.37. The molecule has 0 heterocycles. The van der Waals surface area contributed by atoms with Gasteiger partial charge in [-0.05, 0) is 74.2 Å². The first-order valence-electron chi connectivity index (χ1n) is 11.9. The van der Waals surface area contributed by atoms with Gasteiger partial charge in [-0.25, -0.2) is 8.42 Å². The van der Waals surface area contributed by atoms with E-state index in [4.69, 9.17) is 14.2 Å². The third kappa shape index (κ3) is 6.95. The molecule has 0 saturated heterocycles. The molecule has 8 nitrogen and oxygen atoms in total. The lowest BCUT2D eigenvalue weighted by atomic mass is 10.1. The van der Waals surface area contributed by atoms with Gasteiger partial charge in [-0.3, -0.25) is 9.10 Å². The molecule has 0 spiro atoms. The first kappa shape index (κ1) is 27.9. The first-order chi connectivity index (χ1) is 17.7. The lowest BCUT2D eigenvalue weighted by Gasteiger charge is -2.26. The van der Waals surface area contributed by atoms with E-state index < -0.39 is 15.9 Å². The maximum atomic E-state index is 13.7. The number of benzene rings is 3. The van der Waals surface area contributed by atoms with Crippen LogP contribution in [0.1, 0.15) is 23.1 Å². The predicted molar refractivity (Wildman–Crippen MR) is 144 cm³/mol. The fraction of sp³-hybridized carbons (Fsp3) is 0.321. The molecule has 0 radical (unpaired) electrons. The van der Waals surface area contributed by atoms with E-state index in [1.807, 2.05) is 38.1 Å². The molecular formula is C28H34N2O6S. The highest BCUT2D eigenvalue weighted by Crippen LogP contribution is 2.33. The molecule has 0 aromatic heterocycles. The zero-order valence-electron chi connectivity index (χ0n) is 21.9. The Morgan fingerprint density at radius 1 is 0.811 bits per heavy atom. The van der Waals surface area contributed by atoms with Crippen LogP contribution in [-0.4, -0.2) is 48.7 Å². The maximum Gasteiger partial charge on any atom is 0.264 e. The number of aryl methyl sites for hydroxylation is 3. The van der Waals surface area contributed by atoms with Gasteiger partial charge in [0.25, 0.3) is 10.0 Å². The van der Waals surface area contributed by atoms with Crippen LogP contribution in [0.4, 0.5) is 5.69 Å². The molecule has 1 N–H and O–H groups in total. The van der Waals surface area contributed by atoms with Gasteiger partial charge in [0, 0.05) is 6.54 Å². The number of hydrogen-bond acceptors (Lipinski definition) is 6. The van der Waals surface area contributed by atoms with E-state index in [-0.39, 0.29) is 11.4 Å². The number of carbonyl (C=O) groups is 1. The highest BCUT2D eigenvalue weighted by molar-refractivity contribution is 7.92. The minimum absolute atomic E-state index is 0.0999. The Morgan fingerprint density at radius 2 is 1.43 bits per heavy atom. The highest BCUT2D eigenvalue weighted by Gasteiger charge is 2.29. The zero-order chi connectivity index (χ0) is 27.0. The van der Waals surface area contributed by atoms with Gasteiger partial charge < -0.3 is 19.5 Å². The molecule has 0 atom stereocenters. The second-order valence-corrected chi connectivity index (χ2v) is 10.5. The number of sulfonamides is 1. The van der Waals surface area contributed by atoms with Crippen molar-refractivity contribution in [3.8, 4) is 17.2 Å². The molecule has 37 heavy (non-hydrogen) atoms. The van der Waals surface area contributed by atoms with Crippen LogP contribution in [0, 0.1) is 13.8 Å². The van der Waals surface area contributed by atoms with Gasteiger partial charge in [-0.1, -0.05) is 29.8 Å². The van der Waals surface area contributed by atoms with Crippen molar-refractivity contribution >= 4 is 21.6 Å². The number of carbonyl (C=O) groups excluding carboxylic acids is 1. The number of nitrogens with one attached hydrogen (secondary N) is 1. The van der Waals surface area contributed by atoms with Crippen molar-refractivity contribution in [1.29, 1.82) is 0 Å². The standard InChI is InChI=1S/C28H34N2O6S/c1-20-8-12-23(13-9-20)37(32,33)30(24-17-21(2)10-14-25(24)34-3)19-28(31)29-16-6-7-22-11-15-26(35-4)27(18-22)36-5/h8-15,17-18H,6-7,16,19H2,1-5H3,(H,29,31). The highest BCUT2D eigenvalue weighted by atomic mass is 32.2. The van der Waals surface area contributed by atoms with Crippen LogP contribution in [0.3, 0.4) is 0 Å². The summed E-state index contributed by atoms with van der Waals surface area (Å²) < 4.78 is 44.5. The third-order valence-corrected chi connectivity index (χ3v) is 7.69. The quantitative estimate of drug-likeness (QED) is 0.354. The summed E-state index contributed by atoms with van der Waals surface area (Å²) in [6, 6.07) is 17.5. The Kier molecular flexibility index (Phi) is 9.41. The van der Waals surface area contributed by atoms with Gasteiger partial charge >= 0.3 is 0 Å². The van der Waals surface area contributed by atoms with Gasteiger partial charge in [0.15, 0.2) is 11.5 Å². The topological polar surface area (TPSA) is 94.2 Å². The molecule has 3 aromatic carbocycles. The number of anilines is 1. The molecule has 9 heteroatoms. The molecule has 0 aliphatic rings. The second kappa shape index (κ2) is 12.5. The van der Waals surface area contributed by atoms with E-state index in [0.29, 0.717) is 42.3 Å². The van der Waals surface area contributed by atoms with Crippen LogP contribution in [-0.2, 0) is 21.2 Å². The molecule has 3 aromatic rings. The Bertz CT molecular complexity index is 1320. The van der Waals surface area contributed by atoms with Crippen LogP contribution in [0.5, 0.6) is 17.2 Å². The predicted octanol–water partition coefficient (Wildman–Crippen LogP) is 4.27. The number of hydrogen-bond donors (Lipinski definition) is 1. The number of methoxy groups -OCH3 is 3. The zero-order valence-corrected chi connectivity index (χ0v) is 22.7. The fourth-order valence-corrected chi connectivity index (χ4v) is 5.30. The van der Waals surface area contributed by atoms with E-state index in [1.54, 1.807) is 50.6 Å². The number of nitrogens with zero attached hydrogens (tertiary/aromatic N) is 1. The van der Waals surface area contributed by atoms with E-state index in [2.05, 4.69) is 5.32 Å². The lowest BCUT2D eigenvalue weighted by Crippen LogP contribution is -2.41. The van der Waals surface area contributed by atoms with E-state index >= 15 is 0 Å². The Balaban J connectivity index is 1.75. The van der Waals surface area contributed by atoms with Crippen LogP contribution in [0.25, 0.3) is 0 Å². The molecule has 0 bridgehead atoms. The average Bonchev–Trinajstić information content (AvgIpc) is 2.89. The van der Waals surface area contributed by atoms with Crippen LogP contribution >= 0.6 is 0 Å². The van der Waals surface area contributed by atoms with Crippen molar-refractivity contribution in [2.24, 2.45) is 0 Å². The first-order valence-corrected chi connectivity index (χ1v) is 13.3. The molecular weight excluding hydrogens is 492 g/mol. The Hall–Kier alpha value is -3.72. The van der Waals surface area contributed by atoms with E-state index in [1.165, 1.54) is 7.11 Å². The van der Waals surface area contributed by atoms with Crippen molar-refractivity contribution in [3.05, 3.63) is 77.4 Å². The van der Waals surface area contributed by atoms with Gasteiger partial charge in [0.2, 0.25) is 5.91 Å². The summed E-state index contributed by atoms with van der Waals surface area (Å²) in [5.41, 5.74) is 3.13. The van der Waals surface area contributed by atoms with Crippen molar-refractivity contribution < 1.29 is 27.4 Å². The minimum Gasteiger partial charge on any atom is -0.495 e. The Morgan fingerprint density at radius 3 is 2.08 bits per heavy atom. The van der Waals surface area contributed by atoms with Crippen molar-refractivity contribution in [2.75, 3.05) is 38.7 Å². The van der Waals surface area contributed by atoms with Crippen molar-refractivity contribution in [1.82, 2.24) is 5.32 Å². The SMILES string of the molecule is COc1ccc(CCCNC(=O)CN(c2cc(C)ccc2OC)S(=O)(=O)c2ccc(C)cc2)cc1OC. The molecule has 0 saturated carbocycles. The van der Waals surface area contributed by atoms with Crippen LogP contribution in [0.15, 0.2) is 65.6 Å².